The Morgan fingerprint density at radius 1 is 0.338 bits per heavy atom. The predicted octanol–water partition coefficient (Wildman–Crippen LogP) is 18.0. The molecule has 0 heterocycles. The predicted molar refractivity (Wildman–Crippen MR) is 279 cm³/mol. The quantitative estimate of drug-likeness (QED) is 0.0199. The van der Waals surface area contributed by atoms with Crippen molar-refractivity contribution in [1.82, 2.24) is 0 Å². The second kappa shape index (κ2) is 53.2. The van der Waals surface area contributed by atoms with Crippen LogP contribution in [-0.2, 0) is 28.6 Å². The lowest BCUT2D eigenvalue weighted by molar-refractivity contribution is -0.167. The second-order valence-electron chi connectivity index (χ2n) is 17.9. The summed E-state index contributed by atoms with van der Waals surface area (Å²) >= 11 is 0. The number of hydrogen-bond donors (Lipinski definition) is 0. The van der Waals surface area contributed by atoms with Crippen LogP contribution in [0.25, 0.3) is 0 Å². The maximum atomic E-state index is 12.8. The van der Waals surface area contributed by atoms with Crippen LogP contribution in [0.15, 0.2) is 85.1 Å². The van der Waals surface area contributed by atoms with Crippen LogP contribution in [0.1, 0.15) is 252 Å². The van der Waals surface area contributed by atoms with Crippen molar-refractivity contribution in [3.63, 3.8) is 0 Å². The first kappa shape index (κ1) is 61.6. The standard InChI is InChI=1S/C59H100O6/c1-4-7-10-13-16-19-22-25-28-29-32-34-37-40-43-46-49-52-58(61)64-55-56(65-59(62)53-50-47-44-41-38-35-31-27-24-21-18-15-12-9-6-3)54-63-57(60)51-48-45-42-39-36-33-30-26-23-20-17-14-11-8-5-2/h9,12,15-16,18-19,21,24-25,27-28,31,35,38,56H,4-8,10-11,13-14,17,20,22-23,26,29-30,32-34,36-37,39-55H2,1-3H3/b12-9-,18-15-,19-16-,24-21-,28-25-,31-27-,38-35-. The van der Waals surface area contributed by atoms with Crippen molar-refractivity contribution in [3.8, 4) is 0 Å². The van der Waals surface area contributed by atoms with E-state index in [2.05, 4.69) is 57.2 Å². The molecule has 0 radical (unpaired) electrons. The molecule has 0 saturated carbocycles. The third-order valence-electron chi connectivity index (χ3n) is 11.5. The Hall–Kier alpha value is -3.41. The van der Waals surface area contributed by atoms with Crippen molar-refractivity contribution in [2.45, 2.75) is 258 Å². The van der Waals surface area contributed by atoms with Gasteiger partial charge in [0.05, 0.1) is 0 Å². The van der Waals surface area contributed by atoms with Gasteiger partial charge in [0, 0.05) is 19.3 Å². The average molecular weight is 905 g/mol. The molecule has 0 bridgehead atoms. The van der Waals surface area contributed by atoms with Crippen molar-refractivity contribution in [1.29, 1.82) is 0 Å². The van der Waals surface area contributed by atoms with E-state index in [1.807, 2.05) is 48.6 Å². The van der Waals surface area contributed by atoms with Crippen molar-refractivity contribution in [2.75, 3.05) is 13.2 Å². The highest BCUT2D eigenvalue weighted by molar-refractivity contribution is 5.71. The van der Waals surface area contributed by atoms with Gasteiger partial charge in [0.1, 0.15) is 13.2 Å². The van der Waals surface area contributed by atoms with Gasteiger partial charge in [-0.05, 0) is 70.6 Å². The molecule has 6 heteroatoms. The Kier molecular flexibility index (Phi) is 50.4. The van der Waals surface area contributed by atoms with Crippen molar-refractivity contribution in [3.05, 3.63) is 85.1 Å². The Morgan fingerprint density at radius 2 is 0.662 bits per heavy atom. The van der Waals surface area contributed by atoms with Crippen LogP contribution < -0.4 is 0 Å². The molecule has 0 N–H and O–H groups in total. The van der Waals surface area contributed by atoms with Gasteiger partial charge < -0.3 is 14.2 Å². The normalized spacial score (nSPS) is 12.7. The van der Waals surface area contributed by atoms with E-state index >= 15 is 0 Å². The summed E-state index contributed by atoms with van der Waals surface area (Å²) in [5.74, 6) is -0.941. The Bertz CT molecular complexity index is 1270. The summed E-state index contributed by atoms with van der Waals surface area (Å²) in [6.07, 6.45) is 68.5. The number of allylic oxidation sites excluding steroid dienone is 14. The molecule has 1 unspecified atom stereocenters. The fourth-order valence-electron chi connectivity index (χ4n) is 7.43. The zero-order chi connectivity index (χ0) is 47.2. The van der Waals surface area contributed by atoms with E-state index in [1.54, 1.807) is 0 Å². The highest BCUT2D eigenvalue weighted by Crippen LogP contribution is 2.15. The Labute approximate surface area is 401 Å². The number of ether oxygens (including phenoxy) is 3. The van der Waals surface area contributed by atoms with Crippen LogP contribution in [0, 0.1) is 0 Å². The second-order valence-corrected chi connectivity index (χ2v) is 17.9. The molecule has 0 aromatic rings. The van der Waals surface area contributed by atoms with E-state index in [0.717, 1.165) is 77.0 Å². The van der Waals surface area contributed by atoms with Crippen molar-refractivity contribution in [2.24, 2.45) is 0 Å². The van der Waals surface area contributed by atoms with Crippen LogP contribution in [-0.4, -0.2) is 37.2 Å². The summed E-state index contributed by atoms with van der Waals surface area (Å²) in [6.45, 7) is 6.44. The molecule has 1 atom stereocenters. The van der Waals surface area contributed by atoms with Crippen LogP contribution in [0.5, 0.6) is 0 Å². The molecule has 65 heavy (non-hydrogen) atoms. The number of unbranched alkanes of at least 4 members (excludes halogenated alkanes) is 27. The minimum atomic E-state index is -0.801. The fourth-order valence-corrected chi connectivity index (χ4v) is 7.43. The third-order valence-corrected chi connectivity index (χ3v) is 11.5. The molecular weight excluding hydrogens is 805 g/mol. The smallest absolute Gasteiger partial charge is 0.306 e. The van der Waals surface area contributed by atoms with Crippen LogP contribution in [0.3, 0.4) is 0 Å². The topological polar surface area (TPSA) is 78.9 Å². The summed E-state index contributed by atoms with van der Waals surface area (Å²) in [4.78, 5) is 38.1. The van der Waals surface area contributed by atoms with Crippen molar-refractivity contribution >= 4 is 17.9 Å². The largest absolute Gasteiger partial charge is 0.462 e. The number of esters is 3. The van der Waals surface area contributed by atoms with Crippen molar-refractivity contribution < 1.29 is 28.6 Å². The average Bonchev–Trinajstić information content (AvgIpc) is 3.30. The highest BCUT2D eigenvalue weighted by Gasteiger charge is 2.19. The van der Waals surface area contributed by atoms with Gasteiger partial charge >= 0.3 is 17.9 Å². The van der Waals surface area contributed by atoms with E-state index in [-0.39, 0.29) is 37.5 Å². The summed E-state index contributed by atoms with van der Waals surface area (Å²) in [7, 11) is 0. The van der Waals surface area contributed by atoms with E-state index in [9.17, 15) is 14.4 Å². The molecule has 372 valence electrons. The molecule has 0 aromatic carbocycles. The van der Waals surface area contributed by atoms with Gasteiger partial charge in [0.25, 0.3) is 0 Å². The van der Waals surface area contributed by atoms with Gasteiger partial charge in [-0.25, -0.2) is 0 Å². The van der Waals surface area contributed by atoms with Crippen LogP contribution in [0.4, 0.5) is 0 Å². The number of carbonyl (C=O) groups is 3. The summed E-state index contributed by atoms with van der Waals surface area (Å²) in [5.41, 5.74) is 0. The molecule has 0 aliphatic heterocycles. The lowest BCUT2D eigenvalue weighted by atomic mass is 10.0. The molecule has 0 saturated heterocycles. The summed E-state index contributed by atoms with van der Waals surface area (Å²) in [6, 6.07) is 0. The maximum absolute atomic E-state index is 12.8. The molecule has 6 nitrogen and oxygen atoms in total. The minimum Gasteiger partial charge on any atom is -0.462 e. The monoisotopic (exact) mass is 905 g/mol. The zero-order valence-corrected chi connectivity index (χ0v) is 42.5. The molecular formula is C59H100O6. The molecule has 0 spiro atoms. The SMILES string of the molecule is CC\C=C/C=C\C=C/C=C\C=C/CCCCCC(=O)OC(COC(=O)CCCCCCCCC/C=C\C/C=C\CCCCC)COC(=O)CCCCCCCCCCCCCCCCC. The van der Waals surface area contributed by atoms with Crippen LogP contribution in [0.2, 0.25) is 0 Å². The molecule has 0 aromatic heterocycles. The summed E-state index contributed by atoms with van der Waals surface area (Å²) < 4.78 is 16.8. The Balaban J connectivity index is 4.46. The van der Waals surface area contributed by atoms with E-state index in [1.165, 1.54) is 128 Å². The van der Waals surface area contributed by atoms with Gasteiger partial charge in [-0.1, -0.05) is 247 Å². The first-order valence-corrected chi connectivity index (χ1v) is 27.2. The van der Waals surface area contributed by atoms with E-state index < -0.39 is 6.10 Å². The zero-order valence-electron chi connectivity index (χ0n) is 42.5. The van der Waals surface area contributed by atoms with E-state index in [4.69, 9.17) is 14.2 Å². The van der Waals surface area contributed by atoms with Gasteiger partial charge in [0.15, 0.2) is 6.10 Å². The lowest BCUT2D eigenvalue weighted by Crippen LogP contribution is -2.30. The molecule has 0 fully saturated rings. The number of rotatable bonds is 48. The number of carbonyl (C=O) groups excluding carboxylic acids is 3. The first-order valence-electron chi connectivity index (χ1n) is 27.2. The minimum absolute atomic E-state index is 0.0950. The van der Waals surface area contributed by atoms with Crippen LogP contribution >= 0.6 is 0 Å². The maximum Gasteiger partial charge on any atom is 0.306 e. The summed E-state index contributed by atoms with van der Waals surface area (Å²) in [5, 5.41) is 0. The van der Waals surface area contributed by atoms with Gasteiger partial charge in [-0.2, -0.15) is 0 Å². The van der Waals surface area contributed by atoms with Gasteiger partial charge in [0.2, 0.25) is 0 Å². The molecule has 0 aliphatic rings. The van der Waals surface area contributed by atoms with Gasteiger partial charge in [-0.15, -0.1) is 0 Å². The Morgan fingerprint density at radius 3 is 1.11 bits per heavy atom. The molecule has 0 rings (SSSR count). The molecule has 0 aliphatic carbocycles. The van der Waals surface area contributed by atoms with E-state index in [0.29, 0.717) is 19.3 Å². The lowest BCUT2D eigenvalue weighted by Gasteiger charge is -2.18. The molecule has 0 amide bonds. The fraction of sp³-hybridized carbons (Fsp3) is 0.712. The highest BCUT2D eigenvalue weighted by atomic mass is 16.6. The third kappa shape index (κ3) is 51.4. The first-order chi connectivity index (χ1) is 32.0. The number of hydrogen-bond acceptors (Lipinski definition) is 6. The van der Waals surface area contributed by atoms with Gasteiger partial charge in [-0.3, -0.25) is 14.4 Å².